The van der Waals surface area contributed by atoms with Gasteiger partial charge in [0, 0.05) is 0 Å². The van der Waals surface area contributed by atoms with Crippen molar-refractivity contribution in [1.29, 1.82) is 0 Å². The molecule has 5 heteroatoms. The first-order valence-corrected chi connectivity index (χ1v) is 8.40. The molecular weight excluding hydrogens is 294 g/mol. The van der Waals surface area contributed by atoms with Crippen LogP contribution in [0.5, 0.6) is 0 Å². The van der Waals surface area contributed by atoms with Crippen molar-refractivity contribution >= 4 is 12.1 Å². The minimum absolute atomic E-state index is 0.168. The van der Waals surface area contributed by atoms with Crippen molar-refractivity contribution in [2.24, 2.45) is 5.92 Å². The quantitative estimate of drug-likeness (QED) is 0.617. The van der Waals surface area contributed by atoms with Gasteiger partial charge in [0.1, 0.15) is 16.9 Å². The molecule has 0 aromatic rings. The van der Waals surface area contributed by atoms with Crippen LogP contribution in [0.3, 0.4) is 0 Å². The Balaban J connectivity index is 2.76. The zero-order valence-electron chi connectivity index (χ0n) is 15.3. The summed E-state index contributed by atoms with van der Waals surface area (Å²) >= 11 is 0. The Morgan fingerprint density at radius 2 is 1.52 bits per heavy atom. The lowest BCUT2D eigenvalue weighted by Gasteiger charge is -2.23. The fraction of sp³-hybridized carbons (Fsp3) is 0.778. The molecule has 0 spiro atoms. The van der Waals surface area contributed by atoms with Crippen molar-refractivity contribution in [2.75, 3.05) is 0 Å². The summed E-state index contributed by atoms with van der Waals surface area (Å²) in [5.41, 5.74) is -1.06. The molecule has 0 bridgehead atoms. The first kappa shape index (κ1) is 19.5. The number of esters is 1. The Morgan fingerprint density at radius 1 is 1.00 bits per heavy atom. The second-order valence-electron chi connectivity index (χ2n) is 8.13. The van der Waals surface area contributed by atoms with Crippen molar-refractivity contribution in [2.45, 2.75) is 84.8 Å². The predicted octanol–water partition coefficient (Wildman–Crippen LogP) is 4.32. The summed E-state index contributed by atoms with van der Waals surface area (Å²) in [7, 11) is 0. The molecule has 132 valence electrons. The highest BCUT2D eigenvalue weighted by molar-refractivity contribution is 5.92. The largest absolute Gasteiger partial charge is 0.455 e. The van der Waals surface area contributed by atoms with Gasteiger partial charge in [-0.2, -0.15) is 0 Å². The number of carbonyl (C=O) groups is 2. The summed E-state index contributed by atoms with van der Waals surface area (Å²) in [6, 6.07) is 0. The molecule has 0 heterocycles. The molecule has 0 saturated heterocycles. The number of hydrogen-bond donors (Lipinski definition) is 1. The normalized spacial score (nSPS) is 17.0. The van der Waals surface area contributed by atoms with Crippen molar-refractivity contribution in [3.63, 3.8) is 0 Å². The number of hydrogen-bond acceptors (Lipinski definition) is 4. The Hall–Kier alpha value is -1.52. The molecule has 1 amide bonds. The minimum Gasteiger partial charge on any atom is -0.455 e. The third kappa shape index (κ3) is 8.62. The molecule has 23 heavy (non-hydrogen) atoms. The van der Waals surface area contributed by atoms with Crippen LogP contribution in [0.4, 0.5) is 4.79 Å². The van der Waals surface area contributed by atoms with E-state index in [1.807, 2.05) is 0 Å². The van der Waals surface area contributed by atoms with Gasteiger partial charge in [0.15, 0.2) is 0 Å². The lowest BCUT2D eigenvalue weighted by molar-refractivity contribution is -0.150. The van der Waals surface area contributed by atoms with E-state index >= 15 is 0 Å². The van der Waals surface area contributed by atoms with E-state index in [1.165, 1.54) is 25.7 Å². The van der Waals surface area contributed by atoms with Crippen molar-refractivity contribution < 1.29 is 19.1 Å². The van der Waals surface area contributed by atoms with E-state index < -0.39 is 23.3 Å². The van der Waals surface area contributed by atoms with Gasteiger partial charge in [-0.25, -0.2) is 9.59 Å². The Kier molecular flexibility index (Phi) is 6.66. The molecular formula is C18H31NO4. The molecule has 0 atom stereocenters. The maximum absolute atomic E-state index is 12.3. The van der Waals surface area contributed by atoms with Crippen LogP contribution in [0.2, 0.25) is 0 Å². The van der Waals surface area contributed by atoms with E-state index in [2.05, 4.69) is 5.32 Å². The molecule has 0 aromatic heterocycles. The van der Waals surface area contributed by atoms with E-state index in [0.29, 0.717) is 5.92 Å². The van der Waals surface area contributed by atoms with E-state index in [4.69, 9.17) is 9.47 Å². The van der Waals surface area contributed by atoms with Gasteiger partial charge in [-0.1, -0.05) is 31.8 Å². The first-order valence-electron chi connectivity index (χ1n) is 8.40. The third-order valence-electron chi connectivity index (χ3n) is 3.38. The van der Waals surface area contributed by atoms with Crippen LogP contribution in [0, 0.1) is 5.92 Å². The second kappa shape index (κ2) is 7.84. The lowest BCUT2D eigenvalue weighted by Crippen LogP contribution is -2.36. The van der Waals surface area contributed by atoms with Crippen LogP contribution < -0.4 is 5.32 Å². The molecule has 1 fully saturated rings. The van der Waals surface area contributed by atoms with Gasteiger partial charge >= 0.3 is 12.1 Å². The van der Waals surface area contributed by atoms with Gasteiger partial charge in [-0.05, 0) is 53.9 Å². The van der Waals surface area contributed by atoms with E-state index in [0.717, 1.165) is 6.42 Å². The van der Waals surface area contributed by atoms with Crippen LogP contribution in [0.1, 0.15) is 73.6 Å². The molecule has 0 unspecified atom stereocenters. The molecule has 1 aliphatic carbocycles. The SMILES string of the molecule is CC(C)(C)OC(=O)N/C(=C\CC1CCCC1)C(=O)OC(C)(C)C. The van der Waals surface area contributed by atoms with Gasteiger partial charge in [-0.15, -0.1) is 0 Å². The standard InChI is InChI=1S/C18H31NO4/c1-17(2,3)22-15(20)14(12-11-13-9-7-8-10-13)19-16(21)23-18(4,5)6/h12-13H,7-11H2,1-6H3,(H,19,21)/b14-12-. The summed E-state index contributed by atoms with van der Waals surface area (Å²) in [5.74, 6) is 0.0502. The zero-order valence-corrected chi connectivity index (χ0v) is 15.3. The highest BCUT2D eigenvalue weighted by Gasteiger charge is 2.24. The molecule has 5 nitrogen and oxygen atoms in total. The van der Waals surface area contributed by atoms with Crippen molar-refractivity contribution in [1.82, 2.24) is 5.32 Å². The number of rotatable bonds is 4. The molecule has 1 aliphatic rings. The van der Waals surface area contributed by atoms with Crippen molar-refractivity contribution in [3.05, 3.63) is 11.8 Å². The summed E-state index contributed by atoms with van der Waals surface area (Å²) < 4.78 is 10.6. The molecule has 0 aromatic carbocycles. The highest BCUT2D eigenvalue weighted by Crippen LogP contribution is 2.28. The molecule has 1 saturated carbocycles. The van der Waals surface area contributed by atoms with E-state index in [-0.39, 0.29) is 5.70 Å². The number of nitrogens with one attached hydrogen (secondary N) is 1. The summed E-state index contributed by atoms with van der Waals surface area (Å²) in [6.45, 7) is 10.7. The molecule has 0 aliphatic heterocycles. The Labute approximate surface area is 139 Å². The van der Waals surface area contributed by atoms with E-state index in [9.17, 15) is 9.59 Å². The van der Waals surface area contributed by atoms with E-state index in [1.54, 1.807) is 47.6 Å². The average Bonchev–Trinajstić information content (AvgIpc) is 2.82. The summed E-state index contributed by atoms with van der Waals surface area (Å²) in [6.07, 6.45) is 6.72. The minimum atomic E-state index is -0.638. The van der Waals surface area contributed by atoms with Crippen LogP contribution in [0.15, 0.2) is 11.8 Å². The average molecular weight is 325 g/mol. The maximum Gasteiger partial charge on any atom is 0.412 e. The topological polar surface area (TPSA) is 64.6 Å². The zero-order chi connectivity index (χ0) is 17.7. The summed E-state index contributed by atoms with van der Waals surface area (Å²) in [5, 5.41) is 2.55. The van der Waals surface area contributed by atoms with Gasteiger partial charge in [-0.3, -0.25) is 5.32 Å². The van der Waals surface area contributed by atoms with Crippen molar-refractivity contribution in [3.8, 4) is 0 Å². The van der Waals surface area contributed by atoms with Crippen LogP contribution in [-0.2, 0) is 14.3 Å². The Morgan fingerprint density at radius 3 is 2.00 bits per heavy atom. The van der Waals surface area contributed by atoms with Gasteiger partial charge in [0.2, 0.25) is 0 Å². The lowest BCUT2D eigenvalue weighted by atomic mass is 10.0. The summed E-state index contributed by atoms with van der Waals surface area (Å²) in [4.78, 5) is 24.3. The smallest absolute Gasteiger partial charge is 0.412 e. The fourth-order valence-electron chi connectivity index (χ4n) is 2.46. The first-order chi connectivity index (χ1) is 10.5. The number of alkyl carbamates (subject to hydrolysis) is 1. The van der Waals surface area contributed by atoms with Gasteiger partial charge in [0.25, 0.3) is 0 Å². The highest BCUT2D eigenvalue weighted by atomic mass is 16.6. The number of amides is 1. The molecule has 0 radical (unpaired) electrons. The predicted molar refractivity (Wildman–Crippen MR) is 89.9 cm³/mol. The van der Waals surface area contributed by atoms with Gasteiger partial charge in [0.05, 0.1) is 0 Å². The fourth-order valence-corrected chi connectivity index (χ4v) is 2.46. The van der Waals surface area contributed by atoms with Gasteiger partial charge < -0.3 is 9.47 Å². The van der Waals surface area contributed by atoms with Crippen LogP contribution in [-0.4, -0.2) is 23.3 Å². The number of allylic oxidation sites excluding steroid dienone is 1. The molecule has 1 rings (SSSR count). The second-order valence-corrected chi connectivity index (χ2v) is 8.13. The van der Waals surface area contributed by atoms with Crippen LogP contribution >= 0.6 is 0 Å². The number of ether oxygens (including phenoxy) is 2. The maximum atomic E-state index is 12.3. The number of carbonyl (C=O) groups excluding carboxylic acids is 2. The third-order valence-corrected chi connectivity index (χ3v) is 3.38. The Bertz CT molecular complexity index is 449. The molecule has 1 N–H and O–H groups in total. The van der Waals surface area contributed by atoms with Crippen LogP contribution in [0.25, 0.3) is 0 Å². The monoisotopic (exact) mass is 325 g/mol.